The van der Waals surface area contributed by atoms with Crippen LogP contribution in [0.3, 0.4) is 0 Å². The lowest BCUT2D eigenvalue weighted by atomic mass is 9.69. The minimum absolute atomic E-state index is 0.392. The molecule has 5 fully saturated rings. The van der Waals surface area contributed by atoms with Gasteiger partial charge in [0.2, 0.25) is 5.91 Å². The number of aromatic nitrogens is 1. The highest BCUT2D eigenvalue weighted by molar-refractivity contribution is 5.76. The molecule has 0 radical (unpaired) electrons. The summed E-state index contributed by atoms with van der Waals surface area (Å²) in [5.74, 6) is 1.96. The minimum atomic E-state index is 0.392. The van der Waals surface area contributed by atoms with E-state index in [1.54, 1.807) is 0 Å². The Kier molecular flexibility index (Phi) is 8.65. The monoisotopic (exact) mass is 522 g/mol. The van der Waals surface area contributed by atoms with E-state index in [0.29, 0.717) is 11.9 Å². The molecule has 5 saturated heterocycles. The van der Waals surface area contributed by atoms with Crippen molar-refractivity contribution in [1.82, 2.24) is 29.5 Å². The van der Waals surface area contributed by atoms with Gasteiger partial charge in [-0.3, -0.25) is 24.5 Å². The number of piperidine rings is 4. The van der Waals surface area contributed by atoms with E-state index in [1.165, 1.54) is 76.8 Å². The summed E-state index contributed by atoms with van der Waals surface area (Å²) in [5, 5.41) is 0. The molecule has 7 nitrogen and oxygen atoms in total. The Balaban J connectivity index is 1.04. The summed E-state index contributed by atoms with van der Waals surface area (Å²) >= 11 is 0. The van der Waals surface area contributed by atoms with E-state index in [1.807, 2.05) is 12.4 Å². The van der Waals surface area contributed by atoms with E-state index in [0.717, 1.165) is 75.9 Å². The third kappa shape index (κ3) is 5.96. The Bertz CT molecular complexity index is 895. The first-order valence-electron chi connectivity index (χ1n) is 15.7. The van der Waals surface area contributed by atoms with Crippen LogP contribution in [-0.4, -0.2) is 119 Å². The van der Waals surface area contributed by atoms with Gasteiger partial charge in [-0.15, -0.1) is 0 Å². The molecule has 1 aromatic heterocycles. The number of amides is 1. The van der Waals surface area contributed by atoms with Gasteiger partial charge in [0.25, 0.3) is 0 Å². The zero-order valence-electron chi connectivity index (χ0n) is 23.7. The normalized spacial score (nSPS) is 32.3. The van der Waals surface area contributed by atoms with E-state index in [9.17, 15) is 4.79 Å². The number of piperazine rings is 1. The van der Waals surface area contributed by atoms with Gasteiger partial charge in [0.05, 0.1) is 0 Å². The van der Waals surface area contributed by atoms with Gasteiger partial charge in [-0.2, -0.15) is 0 Å². The van der Waals surface area contributed by atoms with Gasteiger partial charge in [-0.25, -0.2) is 0 Å². The van der Waals surface area contributed by atoms with Gasteiger partial charge in [-0.05, 0) is 108 Å². The molecule has 0 aromatic carbocycles. The van der Waals surface area contributed by atoms with Crippen LogP contribution in [0.5, 0.6) is 0 Å². The van der Waals surface area contributed by atoms with E-state index in [-0.39, 0.29) is 0 Å². The summed E-state index contributed by atoms with van der Waals surface area (Å²) in [4.78, 5) is 30.6. The van der Waals surface area contributed by atoms with Gasteiger partial charge in [0, 0.05) is 76.2 Å². The van der Waals surface area contributed by atoms with Crippen molar-refractivity contribution < 1.29 is 4.79 Å². The van der Waals surface area contributed by atoms with Crippen molar-refractivity contribution in [3.63, 3.8) is 0 Å². The number of hydrogen-bond acceptors (Lipinski definition) is 6. The lowest BCUT2D eigenvalue weighted by Gasteiger charge is -2.57. The van der Waals surface area contributed by atoms with Crippen LogP contribution in [-0.2, 0) is 11.3 Å². The van der Waals surface area contributed by atoms with E-state index in [4.69, 9.17) is 0 Å². The maximum Gasteiger partial charge on any atom is 0.222 e. The van der Waals surface area contributed by atoms with Crippen LogP contribution in [0.15, 0.2) is 24.5 Å². The number of carbonyl (C=O) groups excluding carboxylic acids is 1. The number of likely N-dealkylation sites (tertiary alicyclic amines) is 2. The third-order valence-corrected chi connectivity index (χ3v) is 10.6. The standard InChI is InChI=1S/C31H50N6O/c1-33-16-11-27(12-17-33)34-18-20-35(21-19-34)30(38)10-2-9-29-28-8-5-15-36-14-4-7-26(31(28)36)24-37(29)23-25-6-3-13-32-22-25/h3,6,13,22,26-29,31H,2,4-5,7-12,14-21,23-24H2,1H3/t26-,28+,29+,31-/m0/s1. The minimum Gasteiger partial charge on any atom is -0.340 e. The van der Waals surface area contributed by atoms with E-state index >= 15 is 0 Å². The van der Waals surface area contributed by atoms with Gasteiger partial charge in [0.15, 0.2) is 0 Å². The molecule has 0 N–H and O–H groups in total. The van der Waals surface area contributed by atoms with Crippen molar-refractivity contribution in [2.75, 3.05) is 66.0 Å². The summed E-state index contributed by atoms with van der Waals surface area (Å²) in [7, 11) is 2.23. The second-order valence-electron chi connectivity index (χ2n) is 12.9. The maximum atomic E-state index is 13.3. The predicted octanol–water partition coefficient (Wildman–Crippen LogP) is 3.17. The molecule has 5 aliphatic rings. The second-order valence-corrected chi connectivity index (χ2v) is 12.9. The predicted molar refractivity (Wildman–Crippen MR) is 152 cm³/mol. The molecule has 4 atom stereocenters. The Morgan fingerprint density at radius 2 is 1.74 bits per heavy atom. The Morgan fingerprint density at radius 3 is 2.50 bits per heavy atom. The average molecular weight is 523 g/mol. The fourth-order valence-electron chi connectivity index (χ4n) is 8.71. The zero-order chi connectivity index (χ0) is 25.9. The molecular weight excluding hydrogens is 472 g/mol. The Labute approximate surface area is 230 Å². The summed E-state index contributed by atoms with van der Waals surface area (Å²) < 4.78 is 0. The molecule has 210 valence electrons. The molecular formula is C31H50N6O. The van der Waals surface area contributed by atoms with Crippen LogP contribution in [0.1, 0.15) is 63.4 Å². The molecule has 38 heavy (non-hydrogen) atoms. The molecule has 0 spiro atoms. The lowest BCUT2D eigenvalue weighted by molar-refractivity contribution is -0.133. The van der Waals surface area contributed by atoms with Crippen molar-refractivity contribution in [3.05, 3.63) is 30.1 Å². The number of pyridine rings is 1. The fourth-order valence-corrected chi connectivity index (χ4v) is 8.71. The molecule has 5 aliphatic heterocycles. The zero-order valence-corrected chi connectivity index (χ0v) is 23.7. The molecule has 1 aromatic rings. The largest absolute Gasteiger partial charge is 0.340 e. The van der Waals surface area contributed by atoms with Crippen LogP contribution in [0, 0.1) is 11.8 Å². The van der Waals surface area contributed by atoms with Crippen LogP contribution in [0.2, 0.25) is 0 Å². The first-order chi connectivity index (χ1) is 18.7. The summed E-state index contributed by atoms with van der Waals surface area (Å²) in [6.45, 7) is 11.2. The van der Waals surface area contributed by atoms with E-state index < -0.39 is 0 Å². The molecule has 6 heterocycles. The maximum absolute atomic E-state index is 13.3. The van der Waals surface area contributed by atoms with Crippen LogP contribution >= 0.6 is 0 Å². The second kappa shape index (κ2) is 12.3. The highest BCUT2D eigenvalue weighted by Gasteiger charge is 2.48. The highest BCUT2D eigenvalue weighted by atomic mass is 16.2. The number of hydrogen-bond donors (Lipinski definition) is 0. The molecule has 7 heteroatoms. The van der Waals surface area contributed by atoms with Crippen LogP contribution in [0.4, 0.5) is 0 Å². The van der Waals surface area contributed by atoms with Crippen molar-refractivity contribution in [2.45, 2.75) is 82.5 Å². The third-order valence-electron chi connectivity index (χ3n) is 10.6. The molecule has 0 aliphatic carbocycles. The van der Waals surface area contributed by atoms with E-state index in [2.05, 4.69) is 48.7 Å². The van der Waals surface area contributed by atoms with Crippen molar-refractivity contribution in [1.29, 1.82) is 0 Å². The number of nitrogens with zero attached hydrogens (tertiary/aromatic N) is 6. The van der Waals surface area contributed by atoms with Crippen molar-refractivity contribution >= 4 is 5.91 Å². The smallest absolute Gasteiger partial charge is 0.222 e. The lowest BCUT2D eigenvalue weighted by Crippen LogP contribution is -2.64. The first kappa shape index (κ1) is 26.7. The SMILES string of the molecule is CN1CCC(N2CCN(C(=O)CCC[C@@H]3[C@H]4CCCN5CCC[C@@H](CN3Cc3cccnc3)[C@@H]45)CC2)CC1. The van der Waals surface area contributed by atoms with Gasteiger partial charge in [-0.1, -0.05) is 6.07 Å². The highest BCUT2D eigenvalue weighted by Crippen LogP contribution is 2.43. The van der Waals surface area contributed by atoms with Crippen LogP contribution in [0.25, 0.3) is 0 Å². The van der Waals surface area contributed by atoms with Gasteiger partial charge < -0.3 is 9.80 Å². The topological polar surface area (TPSA) is 46.2 Å². The number of rotatable bonds is 7. The van der Waals surface area contributed by atoms with Crippen molar-refractivity contribution in [2.24, 2.45) is 11.8 Å². The molecule has 6 rings (SSSR count). The summed E-state index contributed by atoms with van der Waals surface area (Å²) in [6.07, 6.45) is 14.8. The van der Waals surface area contributed by atoms with Crippen LogP contribution < -0.4 is 0 Å². The Hall–Kier alpha value is -1.54. The molecule has 0 unspecified atom stereocenters. The Morgan fingerprint density at radius 1 is 0.947 bits per heavy atom. The van der Waals surface area contributed by atoms with Gasteiger partial charge in [0.1, 0.15) is 0 Å². The molecule has 0 bridgehead atoms. The average Bonchev–Trinajstić information content (AvgIpc) is 2.96. The summed E-state index contributed by atoms with van der Waals surface area (Å²) in [5.41, 5.74) is 1.33. The molecule has 0 saturated carbocycles. The van der Waals surface area contributed by atoms with Gasteiger partial charge >= 0.3 is 0 Å². The number of carbonyl (C=O) groups is 1. The van der Waals surface area contributed by atoms with Crippen molar-refractivity contribution in [3.8, 4) is 0 Å². The fraction of sp³-hybridized carbons (Fsp3) is 0.806. The summed E-state index contributed by atoms with van der Waals surface area (Å²) in [6, 6.07) is 6.39. The quantitative estimate of drug-likeness (QED) is 0.548. The first-order valence-corrected chi connectivity index (χ1v) is 15.7. The molecule has 1 amide bonds.